The molecular formula is C19H33N5O2. The van der Waals surface area contributed by atoms with E-state index in [9.17, 15) is 4.79 Å². The molecule has 0 aromatic carbocycles. The minimum atomic E-state index is 0.301. The first-order valence-electron chi connectivity index (χ1n) is 10.1. The number of rotatable bonds is 6. The number of hydrogen-bond acceptors (Lipinski definition) is 6. The third kappa shape index (κ3) is 5.77. The highest BCUT2D eigenvalue weighted by atomic mass is 16.5. The standard InChI is InChI=1S/C19H33N5O2/c1-16(2)13-17-20-18(26-21-17)14-22-9-11-23(12-10-22)15-19(25)24-7-5-3-4-6-8-24/h16H,3-15H2,1-2H3. The molecule has 1 aromatic heterocycles. The van der Waals surface area contributed by atoms with Gasteiger partial charge in [0.05, 0.1) is 13.1 Å². The summed E-state index contributed by atoms with van der Waals surface area (Å²) in [5.74, 6) is 2.34. The molecule has 0 N–H and O–H groups in total. The van der Waals surface area contributed by atoms with Crippen LogP contribution in [-0.2, 0) is 17.8 Å². The molecule has 0 saturated carbocycles. The topological polar surface area (TPSA) is 65.7 Å². The van der Waals surface area contributed by atoms with Crippen molar-refractivity contribution in [2.24, 2.45) is 5.92 Å². The Morgan fingerprint density at radius 1 is 1.00 bits per heavy atom. The summed E-state index contributed by atoms with van der Waals surface area (Å²) in [6, 6.07) is 0. The summed E-state index contributed by atoms with van der Waals surface area (Å²) in [6.07, 6.45) is 5.69. The van der Waals surface area contributed by atoms with Gasteiger partial charge in [0, 0.05) is 45.7 Å². The molecule has 3 heterocycles. The maximum Gasteiger partial charge on any atom is 0.240 e. The Bertz CT molecular complexity index is 558. The number of hydrogen-bond donors (Lipinski definition) is 0. The molecule has 0 bridgehead atoms. The molecule has 146 valence electrons. The summed E-state index contributed by atoms with van der Waals surface area (Å²) in [4.78, 5) is 23.7. The number of carbonyl (C=O) groups is 1. The van der Waals surface area contributed by atoms with Gasteiger partial charge in [-0.15, -0.1) is 0 Å². The van der Waals surface area contributed by atoms with Crippen molar-refractivity contribution in [2.75, 3.05) is 45.8 Å². The summed E-state index contributed by atoms with van der Waals surface area (Å²) in [7, 11) is 0. The number of nitrogens with zero attached hydrogens (tertiary/aromatic N) is 5. The van der Waals surface area contributed by atoms with Gasteiger partial charge in [-0.3, -0.25) is 14.6 Å². The van der Waals surface area contributed by atoms with Crippen molar-refractivity contribution in [1.29, 1.82) is 0 Å². The van der Waals surface area contributed by atoms with Crippen LogP contribution in [0.2, 0.25) is 0 Å². The quantitative estimate of drug-likeness (QED) is 0.768. The highest BCUT2D eigenvalue weighted by Crippen LogP contribution is 2.12. The number of likely N-dealkylation sites (tertiary alicyclic amines) is 1. The van der Waals surface area contributed by atoms with Gasteiger partial charge in [0.2, 0.25) is 11.8 Å². The lowest BCUT2D eigenvalue weighted by Gasteiger charge is -2.34. The smallest absolute Gasteiger partial charge is 0.240 e. The van der Waals surface area contributed by atoms with Crippen molar-refractivity contribution in [3.8, 4) is 0 Å². The summed E-state index contributed by atoms with van der Waals surface area (Å²) in [6.45, 7) is 11.2. The lowest BCUT2D eigenvalue weighted by Crippen LogP contribution is -2.49. The van der Waals surface area contributed by atoms with E-state index in [0.717, 1.165) is 64.4 Å². The van der Waals surface area contributed by atoms with Crippen LogP contribution in [0.25, 0.3) is 0 Å². The Kier molecular flexibility index (Phi) is 7.02. The molecule has 0 radical (unpaired) electrons. The van der Waals surface area contributed by atoms with Crippen LogP contribution in [0.4, 0.5) is 0 Å². The molecule has 1 aromatic rings. The average molecular weight is 364 g/mol. The molecule has 0 atom stereocenters. The number of carbonyl (C=O) groups excluding carboxylic acids is 1. The van der Waals surface area contributed by atoms with Crippen molar-refractivity contribution in [2.45, 2.75) is 52.5 Å². The zero-order chi connectivity index (χ0) is 18.4. The number of aromatic nitrogens is 2. The van der Waals surface area contributed by atoms with E-state index in [1.807, 2.05) is 0 Å². The van der Waals surface area contributed by atoms with E-state index in [-0.39, 0.29) is 0 Å². The van der Waals surface area contributed by atoms with Gasteiger partial charge < -0.3 is 9.42 Å². The maximum atomic E-state index is 12.5. The monoisotopic (exact) mass is 363 g/mol. The van der Waals surface area contributed by atoms with Crippen molar-refractivity contribution in [3.05, 3.63) is 11.7 Å². The van der Waals surface area contributed by atoms with E-state index < -0.39 is 0 Å². The van der Waals surface area contributed by atoms with Gasteiger partial charge in [-0.1, -0.05) is 31.8 Å². The van der Waals surface area contributed by atoms with Crippen molar-refractivity contribution >= 4 is 5.91 Å². The second kappa shape index (κ2) is 9.46. The maximum absolute atomic E-state index is 12.5. The van der Waals surface area contributed by atoms with Crippen LogP contribution < -0.4 is 0 Å². The Labute approximate surface area is 156 Å². The highest BCUT2D eigenvalue weighted by molar-refractivity contribution is 5.78. The fourth-order valence-electron chi connectivity index (χ4n) is 3.71. The first-order chi connectivity index (χ1) is 12.6. The second-order valence-corrected chi connectivity index (χ2v) is 8.05. The van der Waals surface area contributed by atoms with E-state index >= 15 is 0 Å². The predicted molar refractivity (Wildman–Crippen MR) is 99.6 cm³/mol. The summed E-state index contributed by atoms with van der Waals surface area (Å²) < 4.78 is 5.37. The van der Waals surface area contributed by atoms with Crippen molar-refractivity contribution < 1.29 is 9.32 Å². The fraction of sp³-hybridized carbons (Fsp3) is 0.842. The third-order valence-corrected chi connectivity index (χ3v) is 5.24. The van der Waals surface area contributed by atoms with Gasteiger partial charge in [0.25, 0.3) is 0 Å². The molecule has 3 rings (SSSR count). The minimum Gasteiger partial charge on any atom is -0.342 e. The highest BCUT2D eigenvalue weighted by Gasteiger charge is 2.23. The Morgan fingerprint density at radius 3 is 2.31 bits per heavy atom. The SMILES string of the molecule is CC(C)Cc1noc(CN2CCN(CC(=O)N3CCCCCC3)CC2)n1. The predicted octanol–water partition coefficient (Wildman–Crippen LogP) is 1.79. The van der Waals surface area contributed by atoms with Gasteiger partial charge in [-0.2, -0.15) is 4.98 Å². The second-order valence-electron chi connectivity index (χ2n) is 8.05. The molecule has 0 aliphatic carbocycles. The van der Waals surface area contributed by atoms with E-state index in [2.05, 4.69) is 38.7 Å². The van der Waals surface area contributed by atoms with Crippen molar-refractivity contribution in [1.82, 2.24) is 24.8 Å². The Balaban J connectivity index is 1.39. The lowest BCUT2D eigenvalue weighted by molar-refractivity contribution is -0.132. The molecule has 2 saturated heterocycles. The summed E-state index contributed by atoms with van der Waals surface area (Å²) >= 11 is 0. The Morgan fingerprint density at radius 2 is 1.65 bits per heavy atom. The normalized spacial score (nSPS) is 20.5. The average Bonchev–Trinajstić information content (AvgIpc) is 2.87. The van der Waals surface area contributed by atoms with Crippen LogP contribution >= 0.6 is 0 Å². The third-order valence-electron chi connectivity index (χ3n) is 5.24. The largest absolute Gasteiger partial charge is 0.342 e. The van der Waals surface area contributed by atoms with Gasteiger partial charge in [-0.25, -0.2) is 0 Å². The zero-order valence-corrected chi connectivity index (χ0v) is 16.3. The van der Waals surface area contributed by atoms with Crippen LogP contribution in [0.3, 0.4) is 0 Å². The molecular weight excluding hydrogens is 330 g/mol. The first-order valence-corrected chi connectivity index (χ1v) is 10.1. The number of amides is 1. The first kappa shape index (κ1) is 19.3. The summed E-state index contributed by atoms with van der Waals surface area (Å²) in [5.41, 5.74) is 0. The Hall–Kier alpha value is -1.47. The molecule has 2 aliphatic rings. The summed E-state index contributed by atoms with van der Waals surface area (Å²) in [5, 5.41) is 4.06. The molecule has 7 heteroatoms. The van der Waals surface area contributed by atoms with E-state index in [1.54, 1.807) is 0 Å². The number of piperazine rings is 1. The molecule has 1 amide bonds. The van der Waals surface area contributed by atoms with E-state index in [1.165, 1.54) is 12.8 Å². The van der Waals surface area contributed by atoms with E-state index in [0.29, 0.717) is 30.8 Å². The van der Waals surface area contributed by atoms with Crippen LogP contribution in [0.15, 0.2) is 4.52 Å². The van der Waals surface area contributed by atoms with Crippen LogP contribution in [0.1, 0.15) is 51.2 Å². The molecule has 7 nitrogen and oxygen atoms in total. The van der Waals surface area contributed by atoms with Crippen LogP contribution in [0.5, 0.6) is 0 Å². The zero-order valence-electron chi connectivity index (χ0n) is 16.3. The molecule has 2 aliphatic heterocycles. The fourth-order valence-corrected chi connectivity index (χ4v) is 3.71. The van der Waals surface area contributed by atoms with Crippen LogP contribution in [0, 0.1) is 5.92 Å². The van der Waals surface area contributed by atoms with Gasteiger partial charge in [0.15, 0.2) is 5.82 Å². The molecule has 2 fully saturated rings. The van der Waals surface area contributed by atoms with Crippen LogP contribution in [-0.4, -0.2) is 76.6 Å². The van der Waals surface area contributed by atoms with Crippen molar-refractivity contribution in [3.63, 3.8) is 0 Å². The molecule has 0 unspecified atom stereocenters. The minimum absolute atomic E-state index is 0.301. The lowest BCUT2D eigenvalue weighted by atomic mass is 10.1. The van der Waals surface area contributed by atoms with E-state index in [4.69, 9.17) is 4.52 Å². The van der Waals surface area contributed by atoms with Gasteiger partial charge >= 0.3 is 0 Å². The van der Waals surface area contributed by atoms with Gasteiger partial charge in [0.1, 0.15) is 0 Å². The molecule has 0 spiro atoms. The molecule has 26 heavy (non-hydrogen) atoms. The van der Waals surface area contributed by atoms with Gasteiger partial charge in [-0.05, 0) is 18.8 Å².